The molecule has 0 fully saturated rings. The molecule has 2 aromatic rings. The van der Waals surface area contributed by atoms with Gasteiger partial charge in [0.2, 0.25) is 0 Å². The predicted octanol–water partition coefficient (Wildman–Crippen LogP) is 4.76. The maximum Gasteiger partial charge on any atom is 0.293 e. The van der Waals surface area contributed by atoms with E-state index in [2.05, 4.69) is 13.8 Å². The zero-order valence-corrected chi connectivity index (χ0v) is 13.8. The Morgan fingerprint density at radius 1 is 1.00 bits per heavy atom. The molecule has 1 aromatic heterocycles. The molecule has 0 amide bonds. The number of unbranched alkanes of at least 4 members (excludes halogenated alkanes) is 4. The molecule has 0 aliphatic carbocycles. The van der Waals surface area contributed by atoms with Crippen molar-refractivity contribution in [3.05, 3.63) is 40.7 Å². The van der Waals surface area contributed by atoms with Crippen LogP contribution in [0, 0.1) is 0 Å². The summed E-state index contributed by atoms with van der Waals surface area (Å²) in [6.07, 6.45) is 6.67. The lowest BCUT2D eigenvalue weighted by Crippen LogP contribution is -2.23. The Kier molecular flexibility index (Phi) is 6.50. The minimum absolute atomic E-state index is 0.00583. The first-order chi connectivity index (χ1) is 10.8. The van der Waals surface area contributed by atoms with Crippen molar-refractivity contribution in [2.45, 2.75) is 58.9 Å². The van der Waals surface area contributed by atoms with Crippen molar-refractivity contribution in [3.8, 4) is 5.75 Å². The van der Waals surface area contributed by atoms with Gasteiger partial charge in [-0.2, -0.15) is 0 Å². The van der Waals surface area contributed by atoms with Crippen LogP contribution in [0.1, 0.15) is 52.4 Å². The van der Waals surface area contributed by atoms with Crippen molar-refractivity contribution in [2.75, 3.05) is 6.61 Å². The quantitative estimate of drug-likeness (QED) is 0.625. The second-order valence-corrected chi connectivity index (χ2v) is 5.79. The van der Waals surface area contributed by atoms with Crippen molar-refractivity contribution >= 4 is 10.9 Å². The van der Waals surface area contributed by atoms with Gasteiger partial charge in [0.05, 0.1) is 12.1 Å². The van der Waals surface area contributed by atoms with E-state index < -0.39 is 0 Å². The summed E-state index contributed by atoms with van der Waals surface area (Å²) in [5.74, 6) is 0.489. The van der Waals surface area contributed by atoms with Gasteiger partial charge in [0.15, 0.2) is 5.75 Å². The molecule has 0 spiro atoms. The molecule has 3 nitrogen and oxygen atoms in total. The van der Waals surface area contributed by atoms with Crippen LogP contribution in [0.5, 0.6) is 5.75 Å². The lowest BCUT2D eigenvalue weighted by molar-refractivity contribution is 0.303. The minimum atomic E-state index is 0.00583. The van der Waals surface area contributed by atoms with Crippen molar-refractivity contribution < 1.29 is 4.74 Å². The van der Waals surface area contributed by atoms with Gasteiger partial charge in [0, 0.05) is 11.9 Å². The second kappa shape index (κ2) is 8.62. The molecule has 0 atom stereocenters. The van der Waals surface area contributed by atoms with E-state index in [1.54, 1.807) is 0 Å². The van der Waals surface area contributed by atoms with E-state index in [0.29, 0.717) is 12.4 Å². The highest BCUT2D eigenvalue weighted by Gasteiger charge is 2.09. The Hall–Kier alpha value is -1.77. The Bertz CT molecular complexity index is 645. The van der Waals surface area contributed by atoms with Gasteiger partial charge in [-0.15, -0.1) is 0 Å². The highest BCUT2D eigenvalue weighted by Crippen LogP contribution is 2.18. The molecular weight excluding hydrogens is 274 g/mol. The Morgan fingerprint density at radius 2 is 1.77 bits per heavy atom. The molecular formula is C19H27NO2. The number of aromatic nitrogens is 1. The van der Waals surface area contributed by atoms with E-state index in [0.717, 1.165) is 43.1 Å². The number of pyridine rings is 1. The van der Waals surface area contributed by atoms with Crippen LogP contribution in [0.25, 0.3) is 10.9 Å². The van der Waals surface area contributed by atoms with Crippen molar-refractivity contribution in [1.29, 1.82) is 0 Å². The Morgan fingerprint density at radius 3 is 2.55 bits per heavy atom. The largest absolute Gasteiger partial charge is 0.488 e. The van der Waals surface area contributed by atoms with Gasteiger partial charge < -0.3 is 9.30 Å². The standard InChI is InChI=1S/C19H27NO2/c1-3-5-7-10-13-20-17-12-9-8-11-16(17)15-18(19(20)21)22-14-6-4-2/h8-9,11-12,15H,3-7,10,13-14H2,1-2H3. The van der Waals surface area contributed by atoms with E-state index >= 15 is 0 Å². The molecule has 2 rings (SSSR count). The molecule has 0 saturated heterocycles. The van der Waals surface area contributed by atoms with Gasteiger partial charge in [0.25, 0.3) is 5.56 Å². The van der Waals surface area contributed by atoms with Crippen LogP contribution in [0.2, 0.25) is 0 Å². The van der Waals surface area contributed by atoms with E-state index in [-0.39, 0.29) is 5.56 Å². The maximum atomic E-state index is 12.7. The molecule has 1 aromatic carbocycles. The van der Waals surface area contributed by atoms with Crippen molar-refractivity contribution in [3.63, 3.8) is 0 Å². The molecule has 120 valence electrons. The normalized spacial score (nSPS) is 11.0. The molecule has 0 N–H and O–H groups in total. The Labute approximate surface area is 132 Å². The molecule has 0 saturated carbocycles. The summed E-state index contributed by atoms with van der Waals surface area (Å²) < 4.78 is 7.60. The fraction of sp³-hybridized carbons (Fsp3) is 0.526. The zero-order chi connectivity index (χ0) is 15.8. The second-order valence-electron chi connectivity index (χ2n) is 5.79. The van der Waals surface area contributed by atoms with E-state index in [9.17, 15) is 4.79 Å². The van der Waals surface area contributed by atoms with E-state index in [1.807, 2.05) is 34.9 Å². The SMILES string of the molecule is CCCCCCn1c(=O)c(OCCCC)cc2ccccc21. The summed E-state index contributed by atoms with van der Waals surface area (Å²) in [4.78, 5) is 12.7. The molecule has 0 radical (unpaired) electrons. The fourth-order valence-corrected chi connectivity index (χ4v) is 2.65. The molecule has 0 unspecified atom stereocenters. The number of rotatable bonds is 9. The summed E-state index contributed by atoms with van der Waals surface area (Å²) in [6, 6.07) is 9.94. The van der Waals surface area contributed by atoms with Crippen molar-refractivity contribution in [1.82, 2.24) is 4.57 Å². The number of benzene rings is 1. The number of para-hydroxylation sites is 1. The van der Waals surface area contributed by atoms with Crippen LogP contribution in [-0.2, 0) is 6.54 Å². The first-order valence-corrected chi connectivity index (χ1v) is 8.53. The van der Waals surface area contributed by atoms with Crippen LogP contribution in [0.3, 0.4) is 0 Å². The molecule has 0 aliphatic heterocycles. The summed E-state index contributed by atoms with van der Waals surface area (Å²) in [7, 11) is 0. The average molecular weight is 301 g/mol. The first kappa shape index (κ1) is 16.6. The predicted molar refractivity (Wildman–Crippen MR) is 92.8 cm³/mol. The highest BCUT2D eigenvalue weighted by atomic mass is 16.5. The lowest BCUT2D eigenvalue weighted by Gasteiger charge is -2.13. The van der Waals surface area contributed by atoms with E-state index in [4.69, 9.17) is 4.74 Å². The molecule has 3 heteroatoms. The van der Waals surface area contributed by atoms with Gasteiger partial charge in [-0.25, -0.2) is 0 Å². The van der Waals surface area contributed by atoms with Crippen LogP contribution in [0.15, 0.2) is 35.1 Å². The highest BCUT2D eigenvalue weighted by molar-refractivity contribution is 5.80. The molecule has 22 heavy (non-hydrogen) atoms. The van der Waals surface area contributed by atoms with Gasteiger partial charge >= 0.3 is 0 Å². The smallest absolute Gasteiger partial charge is 0.293 e. The third-order valence-electron chi connectivity index (χ3n) is 3.96. The van der Waals surface area contributed by atoms with Gasteiger partial charge in [-0.1, -0.05) is 57.7 Å². The number of nitrogens with zero attached hydrogens (tertiary/aromatic N) is 1. The average Bonchev–Trinajstić information content (AvgIpc) is 2.54. The van der Waals surface area contributed by atoms with Crippen LogP contribution >= 0.6 is 0 Å². The number of fused-ring (bicyclic) bond motifs is 1. The minimum Gasteiger partial charge on any atom is -0.488 e. The molecule has 0 aliphatic rings. The first-order valence-electron chi connectivity index (χ1n) is 8.53. The maximum absolute atomic E-state index is 12.7. The third-order valence-corrected chi connectivity index (χ3v) is 3.96. The van der Waals surface area contributed by atoms with Gasteiger partial charge in [-0.05, 0) is 25.0 Å². The monoisotopic (exact) mass is 301 g/mol. The number of hydrogen-bond acceptors (Lipinski definition) is 2. The molecule has 0 bridgehead atoms. The van der Waals surface area contributed by atoms with Gasteiger partial charge in [-0.3, -0.25) is 4.79 Å². The van der Waals surface area contributed by atoms with Crippen LogP contribution < -0.4 is 10.3 Å². The van der Waals surface area contributed by atoms with E-state index in [1.165, 1.54) is 12.8 Å². The molecule has 1 heterocycles. The van der Waals surface area contributed by atoms with Crippen LogP contribution in [-0.4, -0.2) is 11.2 Å². The summed E-state index contributed by atoms with van der Waals surface area (Å²) >= 11 is 0. The number of ether oxygens (including phenoxy) is 1. The Balaban J connectivity index is 2.29. The fourth-order valence-electron chi connectivity index (χ4n) is 2.65. The van der Waals surface area contributed by atoms with Gasteiger partial charge in [0.1, 0.15) is 0 Å². The number of hydrogen-bond donors (Lipinski definition) is 0. The number of aryl methyl sites for hydroxylation is 1. The topological polar surface area (TPSA) is 31.2 Å². The lowest BCUT2D eigenvalue weighted by atomic mass is 10.1. The summed E-state index contributed by atoms with van der Waals surface area (Å²) in [6.45, 7) is 5.70. The zero-order valence-electron chi connectivity index (χ0n) is 13.8. The third kappa shape index (κ3) is 4.12. The summed E-state index contributed by atoms with van der Waals surface area (Å²) in [5.41, 5.74) is 1.01. The van der Waals surface area contributed by atoms with Crippen molar-refractivity contribution in [2.24, 2.45) is 0 Å². The summed E-state index contributed by atoms with van der Waals surface area (Å²) in [5, 5.41) is 1.07. The van der Waals surface area contributed by atoms with Crippen LogP contribution in [0.4, 0.5) is 0 Å².